The van der Waals surface area contributed by atoms with Gasteiger partial charge in [-0.3, -0.25) is 9.59 Å². The predicted octanol–water partition coefficient (Wildman–Crippen LogP) is 6.22. The largest absolute Gasteiger partial charge is 0.469 e. The number of amides is 1. The van der Waals surface area contributed by atoms with Crippen molar-refractivity contribution < 1.29 is 23.9 Å². The van der Waals surface area contributed by atoms with Gasteiger partial charge in [0.15, 0.2) is 0 Å². The van der Waals surface area contributed by atoms with Gasteiger partial charge in [0.25, 0.3) is 0 Å². The Morgan fingerprint density at radius 1 is 0.837 bits per heavy atom. The molecule has 4 aromatic carbocycles. The summed E-state index contributed by atoms with van der Waals surface area (Å²) in [5.41, 5.74) is 2.26. The highest BCUT2D eigenvalue weighted by Gasteiger charge is 2.73. The van der Waals surface area contributed by atoms with Gasteiger partial charge in [0, 0.05) is 15.8 Å². The van der Waals surface area contributed by atoms with Crippen LogP contribution in [0, 0.1) is 5.92 Å². The zero-order chi connectivity index (χ0) is 30.1. The third-order valence-corrected chi connectivity index (χ3v) is 8.99. The molecule has 1 saturated heterocycles. The molecule has 2 aliphatic heterocycles. The molecule has 1 spiro atoms. The Morgan fingerprint density at radius 3 is 2.12 bits per heavy atom. The molecule has 2 aliphatic rings. The maximum absolute atomic E-state index is 15.3. The highest BCUT2D eigenvalue weighted by Crippen LogP contribution is 2.62. The van der Waals surface area contributed by atoms with Crippen LogP contribution in [-0.2, 0) is 35.8 Å². The molecule has 0 saturated carbocycles. The number of anilines is 2. The molecular weight excluding hydrogens is 608 g/mol. The van der Waals surface area contributed by atoms with Crippen molar-refractivity contribution in [2.75, 3.05) is 23.5 Å². The lowest BCUT2D eigenvalue weighted by atomic mass is 9.65. The Kier molecular flexibility index (Phi) is 7.79. The van der Waals surface area contributed by atoms with Crippen molar-refractivity contribution in [2.45, 2.75) is 31.0 Å². The summed E-state index contributed by atoms with van der Waals surface area (Å²) in [5, 5.41) is 0. The molecule has 43 heavy (non-hydrogen) atoms. The van der Waals surface area contributed by atoms with E-state index in [-0.39, 0.29) is 12.5 Å². The summed E-state index contributed by atoms with van der Waals surface area (Å²) in [6.45, 7) is 2.15. The lowest BCUT2D eigenvalue weighted by Crippen LogP contribution is -2.51. The number of rotatable bonds is 7. The van der Waals surface area contributed by atoms with Gasteiger partial charge in [-0.05, 0) is 53.9 Å². The quantitative estimate of drug-likeness (QED) is 0.224. The molecule has 8 heteroatoms. The number of carbonyl (C=O) groups is 3. The Labute approximate surface area is 259 Å². The third kappa shape index (κ3) is 4.61. The van der Waals surface area contributed by atoms with Gasteiger partial charge < -0.3 is 19.3 Å². The van der Waals surface area contributed by atoms with Crippen molar-refractivity contribution in [3.63, 3.8) is 0 Å². The summed E-state index contributed by atoms with van der Waals surface area (Å²) >= 11 is 3.54. The van der Waals surface area contributed by atoms with E-state index < -0.39 is 35.4 Å². The standard InChI is InChI=1S/C35H31BrN2O5/c1-3-43-33(40)30-29(32(39)42-2)35(31(24-18-20-25(36)21-19-24)38(30)26-14-8-5-9-15-26)27-16-10-11-17-28(27)37(34(35)41)22-23-12-6-4-7-13-23/h4-21,29-31H,3,22H2,1-2H3/t29-,30-,31+,35+/m0/s1. The number of para-hydroxylation sites is 2. The molecule has 4 atom stereocenters. The third-order valence-electron chi connectivity index (χ3n) is 8.46. The molecule has 6 rings (SSSR count). The number of halogens is 1. The Bertz CT molecular complexity index is 1650. The average Bonchev–Trinajstić information content (AvgIpc) is 3.49. The van der Waals surface area contributed by atoms with Crippen LogP contribution in [0.25, 0.3) is 0 Å². The zero-order valence-electron chi connectivity index (χ0n) is 23.9. The fourth-order valence-corrected chi connectivity index (χ4v) is 7.12. The van der Waals surface area contributed by atoms with Gasteiger partial charge in [0.05, 0.1) is 26.3 Å². The Morgan fingerprint density at radius 2 is 1.47 bits per heavy atom. The van der Waals surface area contributed by atoms with Crippen LogP contribution in [-0.4, -0.2) is 37.6 Å². The first kappa shape index (κ1) is 28.7. The molecule has 0 unspecified atom stereocenters. The molecule has 1 fully saturated rings. The molecule has 0 aromatic heterocycles. The van der Waals surface area contributed by atoms with Gasteiger partial charge in [0.1, 0.15) is 17.4 Å². The number of benzene rings is 4. The van der Waals surface area contributed by atoms with Crippen LogP contribution in [0.4, 0.5) is 11.4 Å². The van der Waals surface area contributed by atoms with Crippen molar-refractivity contribution >= 4 is 45.2 Å². The minimum absolute atomic E-state index is 0.118. The number of hydrogen-bond acceptors (Lipinski definition) is 6. The van der Waals surface area contributed by atoms with E-state index >= 15 is 4.79 Å². The first-order valence-electron chi connectivity index (χ1n) is 14.2. The maximum atomic E-state index is 15.3. The van der Waals surface area contributed by atoms with E-state index in [2.05, 4.69) is 15.9 Å². The number of nitrogens with zero attached hydrogens (tertiary/aromatic N) is 2. The normalized spacial score (nSPS) is 22.5. The summed E-state index contributed by atoms with van der Waals surface area (Å²) in [6, 6.07) is 32.5. The summed E-state index contributed by atoms with van der Waals surface area (Å²) in [4.78, 5) is 47.0. The van der Waals surface area contributed by atoms with Crippen LogP contribution < -0.4 is 9.80 Å². The number of esters is 2. The maximum Gasteiger partial charge on any atom is 0.329 e. The van der Waals surface area contributed by atoms with Crippen molar-refractivity contribution in [2.24, 2.45) is 5.92 Å². The van der Waals surface area contributed by atoms with Crippen LogP contribution in [0.5, 0.6) is 0 Å². The molecule has 0 radical (unpaired) electrons. The Hall–Kier alpha value is -4.43. The van der Waals surface area contributed by atoms with E-state index in [0.717, 1.165) is 15.6 Å². The smallest absolute Gasteiger partial charge is 0.329 e. The average molecular weight is 640 g/mol. The summed E-state index contributed by atoms with van der Waals surface area (Å²) in [6.07, 6.45) is 0. The topological polar surface area (TPSA) is 76.2 Å². The second-order valence-corrected chi connectivity index (χ2v) is 11.6. The van der Waals surface area contributed by atoms with Crippen LogP contribution in [0.15, 0.2) is 114 Å². The molecule has 0 N–H and O–H groups in total. The minimum atomic E-state index is -1.51. The molecule has 218 valence electrons. The van der Waals surface area contributed by atoms with Crippen molar-refractivity contribution in [3.8, 4) is 0 Å². The summed E-state index contributed by atoms with van der Waals surface area (Å²) < 4.78 is 11.9. The van der Waals surface area contributed by atoms with E-state index in [4.69, 9.17) is 9.47 Å². The first-order chi connectivity index (χ1) is 20.9. The van der Waals surface area contributed by atoms with Gasteiger partial charge in [0.2, 0.25) is 5.91 Å². The fraction of sp³-hybridized carbons (Fsp3) is 0.229. The summed E-state index contributed by atoms with van der Waals surface area (Å²) in [7, 11) is 1.30. The van der Waals surface area contributed by atoms with Gasteiger partial charge in [-0.25, -0.2) is 4.79 Å². The van der Waals surface area contributed by atoms with Crippen LogP contribution in [0.2, 0.25) is 0 Å². The van der Waals surface area contributed by atoms with E-state index in [0.29, 0.717) is 23.5 Å². The molecular formula is C35H31BrN2O5. The van der Waals surface area contributed by atoms with Gasteiger partial charge in [-0.1, -0.05) is 94.8 Å². The van der Waals surface area contributed by atoms with Gasteiger partial charge >= 0.3 is 11.9 Å². The zero-order valence-corrected chi connectivity index (χ0v) is 25.4. The van der Waals surface area contributed by atoms with Crippen LogP contribution in [0.3, 0.4) is 0 Å². The van der Waals surface area contributed by atoms with Gasteiger partial charge in [-0.2, -0.15) is 0 Å². The minimum Gasteiger partial charge on any atom is -0.469 e. The lowest BCUT2D eigenvalue weighted by Gasteiger charge is -2.37. The molecule has 0 aliphatic carbocycles. The number of fused-ring (bicyclic) bond motifs is 2. The predicted molar refractivity (Wildman–Crippen MR) is 167 cm³/mol. The lowest BCUT2D eigenvalue weighted by molar-refractivity contribution is -0.157. The molecule has 4 aromatic rings. The first-order valence-corrected chi connectivity index (χ1v) is 15.0. The SMILES string of the molecule is CCOC(=O)[C@@H]1[C@@H](C(=O)OC)[C@@]2(C(=O)N(Cc3ccccc3)c3ccccc32)[C@@H](c2ccc(Br)cc2)N1c1ccccc1. The highest BCUT2D eigenvalue weighted by molar-refractivity contribution is 9.10. The van der Waals surface area contributed by atoms with E-state index in [1.807, 2.05) is 114 Å². The number of carbonyl (C=O) groups excluding carboxylic acids is 3. The molecule has 2 heterocycles. The number of methoxy groups -OCH3 is 1. The second-order valence-electron chi connectivity index (χ2n) is 10.7. The summed E-state index contributed by atoms with van der Waals surface area (Å²) in [5.74, 6) is -2.72. The van der Waals surface area contributed by atoms with Crippen molar-refractivity contribution in [1.29, 1.82) is 0 Å². The number of hydrogen-bond donors (Lipinski definition) is 0. The Balaban J connectivity index is 1.69. The molecule has 0 bridgehead atoms. The fourth-order valence-electron chi connectivity index (χ4n) is 6.85. The number of ether oxygens (including phenoxy) is 2. The molecule has 7 nitrogen and oxygen atoms in total. The molecule has 1 amide bonds. The van der Waals surface area contributed by atoms with Crippen LogP contribution in [0.1, 0.15) is 29.7 Å². The van der Waals surface area contributed by atoms with Gasteiger partial charge in [-0.15, -0.1) is 0 Å². The highest BCUT2D eigenvalue weighted by atomic mass is 79.9. The second kappa shape index (κ2) is 11.7. The van der Waals surface area contributed by atoms with E-state index in [9.17, 15) is 9.59 Å². The van der Waals surface area contributed by atoms with E-state index in [1.54, 1.807) is 11.8 Å². The van der Waals surface area contributed by atoms with Crippen molar-refractivity contribution in [1.82, 2.24) is 0 Å². The van der Waals surface area contributed by atoms with Crippen molar-refractivity contribution in [3.05, 3.63) is 130 Å². The monoisotopic (exact) mass is 638 g/mol. The van der Waals surface area contributed by atoms with E-state index in [1.165, 1.54) is 7.11 Å². The van der Waals surface area contributed by atoms with Crippen LogP contribution >= 0.6 is 15.9 Å².